The van der Waals surface area contributed by atoms with E-state index in [2.05, 4.69) is 0 Å². The number of thioether (sulfide) groups is 1. The molecular weight excluding hydrogens is 274 g/mol. The number of carboxylic acid groups (broad SMARTS) is 1. The molecule has 1 aliphatic rings. The predicted octanol–water partition coefficient (Wildman–Crippen LogP) is 1.25. The Morgan fingerprint density at radius 3 is 2.61 bits per heavy atom. The van der Waals surface area contributed by atoms with Crippen molar-refractivity contribution in [3.05, 3.63) is 0 Å². The van der Waals surface area contributed by atoms with Gasteiger partial charge in [0.15, 0.2) is 0 Å². The number of nitrogens with zero attached hydrogens (tertiary/aromatic N) is 1. The molecule has 0 amide bonds. The normalized spacial score (nSPS) is 22.9. The van der Waals surface area contributed by atoms with Crippen LogP contribution in [-0.2, 0) is 14.8 Å². The van der Waals surface area contributed by atoms with Crippen LogP contribution in [0.5, 0.6) is 0 Å². The Kier molecular flexibility index (Phi) is 5.08. The van der Waals surface area contributed by atoms with Gasteiger partial charge in [-0.15, -0.1) is 11.8 Å². The summed E-state index contributed by atoms with van der Waals surface area (Å²) in [6.07, 6.45) is 3.05. The van der Waals surface area contributed by atoms with Crippen LogP contribution >= 0.6 is 11.8 Å². The Hall–Kier alpha value is -0.270. The molecule has 1 rings (SSSR count). The molecule has 0 bridgehead atoms. The summed E-state index contributed by atoms with van der Waals surface area (Å²) in [7, 11) is -3.12. The van der Waals surface area contributed by atoms with Crippen molar-refractivity contribution in [2.45, 2.75) is 31.4 Å². The van der Waals surface area contributed by atoms with Gasteiger partial charge < -0.3 is 5.11 Å². The summed E-state index contributed by atoms with van der Waals surface area (Å²) in [5.41, 5.74) is 0. The Bertz CT molecular complexity index is 405. The van der Waals surface area contributed by atoms with Crippen molar-refractivity contribution < 1.29 is 18.3 Å². The number of carbonyl (C=O) groups is 1. The van der Waals surface area contributed by atoms with Gasteiger partial charge in [-0.25, -0.2) is 12.7 Å². The number of carboxylic acids is 1. The summed E-state index contributed by atoms with van der Waals surface area (Å²) in [6, 6.07) is 0. The molecule has 0 spiro atoms. The Morgan fingerprint density at radius 2 is 2.11 bits per heavy atom. The highest BCUT2D eigenvalue weighted by Crippen LogP contribution is 2.30. The number of hydrogen-bond donors (Lipinski definition) is 1. The summed E-state index contributed by atoms with van der Waals surface area (Å²) in [4.78, 5) is 11.0. The van der Waals surface area contributed by atoms with E-state index in [0.29, 0.717) is 18.8 Å². The maximum atomic E-state index is 11.5. The molecule has 0 saturated carbocycles. The Morgan fingerprint density at radius 1 is 1.50 bits per heavy atom. The highest BCUT2D eigenvalue weighted by molar-refractivity contribution is 8.01. The van der Waals surface area contributed by atoms with Crippen LogP contribution in [0.25, 0.3) is 0 Å². The second-order valence-corrected chi connectivity index (χ2v) is 8.88. The van der Waals surface area contributed by atoms with Crippen LogP contribution in [0.3, 0.4) is 0 Å². The third-order valence-corrected chi connectivity index (χ3v) is 5.95. The Labute approximate surface area is 113 Å². The van der Waals surface area contributed by atoms with Crippen molar-refractivity contribution in [2.75, 3.05) is 25.1 Å². The van der Waals surface area contributed by atoms with Crippen molar-refractivity contribution in [2.24, 2.45) is 5.92 Å². The van der Waals surface area contributed by atoms with Gasteiger partial charge in [0.1, 0.15) is 4.75 Å². The fourth-order valence-electron chi connectivity index (χ4n) is 1.85. The highest BCUT2D eigenvalue weighted by atomic mass is 32.2. The van der Waals surface area contributed by atoms with Gasteiger partial charge in [-0.3, -0.25) is 4.79 Å². The second kappa shape index (κ2) is 5.79. The molecule has 1 unspecified atom stereocenters. The lowest BCUT2D eigenvalue weighted by Crippen LogP contribution is -2.40. The summed E-state index contributed by atoms with van der Waals surface area (Å²) in [5, 5.41) is 9.02. The first kappa shape index (κ1) is 15.8. The first-order valence-electron chi connectivity index (χ1n) is 5.95. The molecule has 0 radical (unpaired) electrons. The van der Waals surface area contributed by atoms with Gasteiger partial charge >= 0.3 is 5.97 Å². The van der Waals surface area contributed by atoms with E-state index < -0.39 is 20.7 Å². The van der Waals surface area contributed by atoms with Crippen molar-refractivity contribution >= 4 is 27.8 Å². The van der Waals surface area contributed by atoms with E-state index >= 15 is 0 Å². The number of sulfonamides is 1. The zero-order chi connectivity index (χ0) is 14.0. The molecule has 5 nitrogen and oxygen atoms in total. The SMILES string of the molecule is CC(C)(SCC1CCCN(S(C)(=O)=O)C1)C(=O)O. The lowest BCUT2D eigenvalue weighted by atomic mass is 10.0. The zero-order valence-electron chi connectivity index (χ0n) is 11.0. The van der Waals surface area contributed by atoms with E-state index in [1.54, 1.807) is 13.8 Å². The van der Waals surface area contributed by atoms with Crippen LogP contribution in [0.2, 0.25) is 0 Å². The third-order valence-electron chi connectivity index (χ3n) is 3.15. The monoisotopic (exact) mass is 295 g/mol. The van der Waals surface area contributed by atoms with E-state index in [0.717, 1.165) is 12.8 Å². The van der Waals surface area contributed by atoms with Crippen LogP contribution in [0.15, 0.2) is 0 Å². The standard InChI is InChI=1S/C11H21NO4S2/c1-11(2,10(13)14)17-8-9-5-4-6-12(7-9)18(3,15)16/h9H,4-8H2,1-3H3,(H,13,14). The first-order valence-corrected chi connectivity index (χ1v) is 8.79. The average Bonchev–Trinajstić information content (AvgIpc) is 2.25. The maximum absolute atomic E-state index is 11.5. The molecule has 0 aromatic heterocycles. The smallest absolute Gasteiger partial charge is 0.319 e. The van der Waals surface area contributed by atoms with E-state index in [9.17, 15) is 13.2 Å². The highest BCUT2D eigenvalue weighted by Gasteiger charge is 2.31. The number of rotatable bonds is 5. The van der Waals surface area contributed by atoms with E-state index in [4.69, 9.17) is 5.11 Å². The lowest BCUT2D eigenvalue weighted by Gasteiger charge is -2.32. The molecule has 1 N–H and O–H groups in total. The summed E-state index contributed by atoms with van der Waals surface area (Å²) in [5.74, 6) is 0.103. The fraction of sp³-hybridized carbons (Fsp3) is 0.909. The minimum Gasteiger partial charge on any atom is -0.480 e. The van der Waals surface area contributed by atoms with Crippen LogP contribution < -0.4 is 0 Å². The van der Waals surface area contributed by atoms with Gasteiger partial charge in [0.2, 0.25) is 10.0 Å². The van der Waals surface area contributed by atoms with Gasteiger partial charge in [0.05, 0.1) is 6.26 Å². The van der Waals surface area contributed by atoms with Crippen molar-refractivity contribution in [1.82, 2.24) is 4.31 Å². The van der Waals surface area contributed by atoms with Crippen molar-refractivity contribution in [1.29, 1.82) is 0 Å². The van der Waals surface area contributed by atoms with Gasteiger partial charge in [-0.05, 0) is 38.4 Å². The van der Waals surface area contributed by atoms with Crippen LogP contribution in [0.1, 0.15) is 26.7 Å². The number of hydrogen-bond acceptors (Lipinski definition) is 4. The molecule has 7 heteroatoms. The van der Waals surface area contributed by atoms with Gasteiger partial charge in [-0.2, -0.15) is 0 Å². The first-order chi connectivity index (χ1) is 8.13. The van der Waals surface area contributed by atoms with E-state index in [-0.39, 0.29) is 5.92 Å². The Balaban J connectivity index is 2.52. The molecule has 0 aromatic rings. The molecule has 0 aliphatic carbocycles. The van der Waals surface area contributed by atoms with Gasteiger partial charge in [0.25, 0.3) is 0 Å². The molecule has 106 valence electrons. The quantitative estimate of drug-likeness (QED) is 0.826. The van der Waals surface area contributed by atoms with E-state index in [1.807, 2.05) is 0 Å². The third kappa shape index (κ3) is 4.44. The molecule has 1 heterocycles. The second-order valence-electron chi connectivity index (χ2n) is 5.26. The molecule has 18 heavy (non-hydrogen) atoms. The minimum atomic E-state index is -3.12. The number of aliphatic carboxylic acids is 1. The maximum Gasteiger partial charge on any atom is 0.319 e. The lowest BCUT2D eigenvalue weighted by molar-refractivity contribution is -0.138. The summed E-state index contributed by atoms with van der Waals surface area (Å²) < 4.78 is 23.6. The van der Waals surface area contributed by atoms with Crippen molar-refractivity contribution in [3.63, 3.8) is 0 Å². The van der Waals surface area contributed by atoms with Crippen molar-refractivity contribution in [3.8, 4) is 0 Å². The molecule has 1 fully saturated rings. The summed E-state index contributed by atoms with van der Waals surface area (Å²) in [6.45, 7) is 4.46. The fourth-order valence-corrected chi connectivity index (χ4v) is 3.84. The molecule has 0 aromatic carbocycles. The van der Waals surface area contributed by atoms with Crippen LogP contribution in [-0.4, -0.2) is 53.6 Å². The molecule has 1 saturated heterocycles. The van der Waals surface area contributed by atoms with Crippen LogP contribution in [0, 0.1) is 5.92 Å². The predicted molar refractivity (Wildman–Crippen MR) is 73.3 cm³/mol. The minimum absolute atomic E-state index is 0.247. The van der Waals surface area contributed by atoms with Gasteiger partial charge in [-0.1, -0.05) is 0 Å². The topological polar surface area (TPSA) is 74.7 Å². The largest absolute Gasteiger partial charge is 0.480 e. The molecule has 1 atom stereocenters. The average molecular weight is 295 g/mol. The van der Waals surface area contributed by atoms with E-state index in [1.165, 1.54) is 22.3 Å². The molecule has 1 aliphatic heterocycles. The summed E-state index contributed by atoms with van der Waals surface area (Å²) >= 11 is 1.38. The zero-order valence-corrected chi connectivity index (χ0v) is 12.7. The molecular formula is C11H21NO4S2. The number of piperidine rings is 1. The van der Waals surface area contributed by atoms with Gasteiger partial charge in [0, 0.05) is 13.1 Å². The van der Waals surface area contributed by atoms with Crippen LogP contribution in [0.4, 0.5) is 0 Å².